The van der Waals surface area contributed by atoms with Crippen LogP contribution in [0, 0.1) is 6.92 Å². The number of aromatic amines is 1. The molecule has 0 saturated carbocycles. The van der Waals surface area contributed by atoms with Crippen LogP contribution in [0.5, 0.6) is 0 Å². The number of aryl methyl sites for hydroxylation is 1. The van der Waals surface area contributed by atoms with Gasteiger partial charge < -0.3 is 4.90 Å². The molecular formula is C23H23N7S. The highest BCUT2D eigenvalue weighted by Gasteiger charge is 2.17. The summed E-state index contributed by atoms with van der Waals surface area (Å²) in [6, 6.07) is 18.8. The summed E-state index contributed by atoms with van der Waals surface area (Å²) in [5.41, 5.74) is 6.23. The number of anilines is 1. The van der Waals surface area contributed by atoms with Gasteiger partial charge in [-0.1, -0.05) is 41.2 Å². The van der Waals surface area contributed by atoms with Crippen LogP contribution >= 0.6 is 11.3 Å². The molecule has 31 heavy (non-hydrogen) atoms. The first kappa shape index (κ1) is 19.4. The molecule has 3 heterocycles. The quantitative estimate of drug-likeness (QED) is 0.408. The minimum absolute atomic E-state index is 0.656. The molecule has 2 aromatic carbocycles. The summed E-state index contributed by atoms with van der Waals surface area (Å²) < 4.78 is 1.78. The van der Waals surface area contributed by atoms with Gasteiger partial charge in [0.05, 0.1) is 5.69 Å². The second kappa shape index (κ2) is 7.96. The summed E-state index contributed by atoms with van der Waals surface area (Å²) in [6.45, 7) is 8.39. The Bertz CT molecular complexity index is 1310. The van der Waals surface area contributed by atoms with E-state index in [2.05, 4.69) is 94.6 Å². The molecule has 0 amide bonds. The molecule has 0 spiro atoms. The molecule has 8 heteroatoms. The lowest BCUT2D eigenvalue weighted by molar-refractivity contribution is 0.866. The predicted octanol–water partition coefficient (Wildman–Crippen LogP) is 5.06. The lowest BCUT2D eigenvalue weighted by Gasteiger charge is -2.20. The maximum atomic E-state index is 4.78. The second-order valence-electron chi connectivity index (χ2n) is 7.38. The highest BCUT2D eigenvalue weighted by Crippen LogP contribution is 2.30. The number of nitrogens with one attached hydrogen (secondary N) is 1. The van der Waals surface area contributed by atoms with E-state index in [1.54, 1.807) is 4.52 Å². The molecule has 0 aliphatic rings. The minimum Gasteiger partial charge on any atom is -0.372 e. The molecule has 0 aliphatic heterocycles. The van der Waals surface area contributed by atoms with E-state index in [-0.39, 0.29) is 0 Å². The predicted molar refractivity (Wildman–Crippen MR) is 125 cm³/mol. The van der Waals surface area contributed by atoms with Gasteiger partial charge in [-0.15, -0.1) is 10.2 Å². The third kappa shape index (κ3) is 3.59. The lowest BCUT2D eigenvalue weighted by atomic mass is 10.1. The molecule has 5 rings (SSSR count). The van der Waals surface area contributed by atoms with E-state index in [1.165, 1.54) is 22.6 Å². The Morgan fingerprint density at radius 2 is 1.65 bits per heavy atom. The first-order chi connectivity index (χ1) is 15.2. The van der Waals surface area contributed by atoms with Crippen LogP contribution in [0.4, 0.5) is 5.69 Å². The summed E-state index contributed by atoms with van der Waals surface area (Å²) in [7, 11) is 0. The van der Waals surface area contributed by atoms with Gasteiger partial charge in [0.2, 0.25) is 10.8 Å². The second-order valence-corrected chi connectivity index (χ2v) is 8.33. The fraction of sp³-hybridized carbons (Fsp3) is 0.217. The van der Waals surface area contributed by atoms with E-state index < -0.39 is 0 Å². The van der Waals surface area contributed by atoms with Gasteiger partial charge in [0.25, 0.3) is 0 Å². The number of aromatic nitrogens is 6. The van der Waals surface area contributed by atoms with Crippen molar-refractivity contribution >= 4 is 22.0 Å². The van der Waals surface area contributed by atoms with Crippen LogP contribution in [-0.4, -0.2) is 43.1 Å². The van der Waals surface area contributed by atoms with E-state index in [4.69, 9.17) is 5.10 Å². The minimum atomic E-state index is 0.656. The molecule has 0 unspecified atom stereocenters. The van der Waals surface area contributed by atoms with Crippen LogP contribution in [0.25, 0.3) is 38.3 Å². The molecule has 0 saturated heterocycles. The summed E-state index contributed by atoms with van der Waals surface area (Å²) in [5.74, 6) is 0.656. The van der Waals surface area contributed by atoms with E-state index >= 15 is 0 Å². The zero-order valence-corrected chi connectivity index (χ0v) is 18.5. The van der Waals surface area contributed by atoms with Crippen molar-refractivity contribution < 1.29 is 0 Å². The smallest absolute Gasteiger partial charge is 0.235 e. The Balaban J connectivity index is 1.46. The molecule has 1 N–H and O–H groups in total. The maximum Gasteiger partial charge on any atom is 0.235 e. The van der Waals surface area contributed by atoms with E-state index in [1.807, 2.05) is 6.07 Å². The van der Waals surface area contributed by atoms with Crippen molar-refractivity contribution in [1.29, 1.82) is 0 Å². The van der Waals surface area contributed by atoms with E-state index in [9.17, 15) is 0 Å². The van der Waals surface area contributed by atoms with Gasteiger partial charge in [-0.2, -0.15) is 14.7 Å². The molecule has 0 fully saturated rings. The zero-order chi connectivity index (χ0) is 21.4. The van der Waals surface area contributed by atoms with Gasteiger partial charge in [0, 0.05) is 29.9 Å². The van der Waals surface area contributed by atoms with Crippen LogP contribution in [0.15, 0.2) is 54.6 Å². The fourth-order valence-corrected chi connectivity index (χ4v) is 4.46. The SMILES string of the molecule is CCN(CC)c1ccc(-c2nn3c(-c4cc(-c5ccc(C)cc5)n[nH]4)nnc3s2)cc1. The standard InChI is InChI=1S/C23H23N7S/c1-4-29(5-2)18-12-10-17(11-13-18)22-28-30-21(26-27-23(30)31-22)20-14-19(24-25-20)16-8-6-15(3)7-9-16/h6-14H,4-5H2,1-3H3,(H,24,25). The maximum absolute atomic E-state index is 4.78. The Hall–Kier alpha value is -3.52. The van der Waals surface area contributed by atoms with Gasteiger partial charge in [-0.3, -0.25) is 5.10 Å². The normalized spacial score (nSPS) is 11.3. The van der Waals surface area contributed by atoms with Crippen LogP contribution in [0.1, 0.15) is 19.4 Å². The first-order valence-electron chi connectivity index (χ1n) is 10.4. The van der Waals surface area contributed by atoms with Crippen LogP contribution in [0.3, 0.4) is 0 Å². The van der Waals surface area contributed by atoms with Crippen LogP contribution in [0.2, 0.25) is 0 Å². The molecule has 0 bridgehead atoms. The summed E-state index contributed by atoms with van der Waals surface area (Å²) >= 11 is 1.53. The number of hydrogen-bond acceptors (Lipinski definition) is 6. The van der Waals surface area contributed by atoms with Gasteiger partial charge in [-0.25, -0.2) is 0 Å². The number of nitrogens with zero attached hydrogens (tertiary/aromatic N) is 6. The number of rotatable bonds is 6. The van der Waals surface area contributed by atoms with Crippen molar-refractivity contribution in [3.05, 3.63) is 60.2 Å². The highest BCUT2D eigenvalue weighted by molar-refractivity contribution is 7.19. The molecular weight excluding hydrogens is 406 g/mol. The summed E-state index contributed by atoms with van der Waals surface area (Å²) in [5, 5.41) is 21.9. The number of H-pyrrole nitrogens is 1. The van der Waals surface area contributed by atoms with Crippen molar-refractivity contribution in [2.45, 2.75) is 20.8 Å². The Labute approximate surface area is 184 Å². The van der Waals surface area contributed by atoms with Gasteiger partial charge in [0.1, 0.15) is 10.7 Å². The van der Waals surface area contributed by atoms with Crippen LogP contribution < -0.4 is 4.90 Å². The van der Waals surface area contributed by atoms with E-state index in [0.29, 0.717) is 5.82 Å². The fourth-order valence-electron chi connectivity index (χ4n) is 3.61. The van der Waals surface area contributed by atoms with Crippen LogP contribution in [-0.2, 0) is 0 Å². The molecule has 3 aromatic heterocycles. The van der Waals surface area contributed by atoms with Gasteiger partial charge in [0.15, 0.2) is 0 Å². The highest BCUT2D eigenvalue weighted by atomic mass is 32.1. The van der Waals surface area contributed by atoms with Crippen molar-refractivity contribution in [3.63, 3.8) is 0 Å². The monoisotopic (exact) mass is 429 g/mol. The number of fused-ring (bicyclic) bond motifs is 1. The molecule has 7 nitrogen and oxygen atoms in total. The Kier molecular flexibility index (Phi) is 4.99. The number of benzene rings is 2. The average Bonchev–Trinajstić information content (AvgIpc) is 3.51. The molecule has 0 atom stereocenters. The van der Waals surface area contributed by atoms with Crippen molar-refractivity contribution in [2.75, 3.05) is 18.0 Å². The molecule has 156 valence electrons. The van der Waals surface area contributed by atoms with Crippen molar-refractivity contribution in [2.24, 2.45) is 0 Å². The van der Waals surface area contributed by atoms with Gasteiger partial charge in [-0.05, 0) is 51.1 Å². The number of hydrogen-bond donors (Lipinski definition) is 1. The summed E-state index contributed by atoms with van der Waals surface area (Å²) in [6.07, 6.45) is 0. The largest absolute Gasteiger partial charge is 0.372 e. The van der Waals surface area contributed by atoms with E-state index in [0.717, 1.165) is 45.6 Å². The lowest BCUT2D eigenvalue weighted by Crippen LogP contribution is -2.21. The van der Waals surface area contributed by atoms with Crippen molar-refractivity contribution in [3.8, 4) is 33.3 Å². The van der Waals surface area contributed by atoms with Crippen molar-refractivity contribution in [1.82, 2.24) is 30.0 Å². The zero-order valence-electron chi connectivity index (χ0n) is 17.7. The Morgan fingerprint density at radius 3 is 2.35 bits per heavy atom. The molecule has 0 radical (unpaired) electrons. The summed E-state index contributed by atoms with van der Waals surface area (Å²) in [4.78, 5) is 3.08. The average molecular weight is 430 g/mol. The Morgan fingerprint density at radius 1 is 0.935 bits per heavy atom. The molecule has 0 aliphatic carbocycles. The first-order valence-corrected chi connectivity index (χ1v) is 11.2. The van der Waals surface area contributed by atoms with Gasteiger partial charge >= 0.3 is 0 Å². The molecule has 5 aromatic rings. The third-order valence-corrected chi connectivity index (χ3v) is 6.35. The topological polar surface area (TPSA) is 75.0 Å². The third-order valence-electron chi connectivity index (χ3n) is 5.40.